The summed E-state index contributed by atoms with van der Waals surface area (Å²) in [5.41, 5.74) is 6.75. The largest absolute Gasteiger partial charge is 0.383 e. The SMILES string of the molecule is C=CCn1c(CC)nc(-c2cc(F)cc(F)c2)c1N. The van der Waals surface area contributed by atoms with Crippen LogP contribution in [0.3, 0.4) is 0 Å². The Morgan fingerprint density at radius 3 is 2.47 bits per heavy atom. The molecule has 0 aliphatic heterocycles. The van der Waals surface area contributed by atoms with Gasteiger partial charge < -0.3 is 10.3 Å². The third kappa shape index (κ3) is 2.50. The fourth-order valence-electron chi connectivity index (χ4n) is 2.02. The fraction of sp³-hybridized carbons (Fsp3) is 0.214. The number of aromatic nitrogens is 2. The van der Waals surface area contributed by atoms with Crippen molar-refractivity contribution in [2.45, 2.75) is 19.9 Å². The molecule has 19 heavy (non-hydrogen) atoms. The van der Waals surface area contributed by atoms with E-state index in [-0.39, 0.29) is 0 Å². The maximum atomic E-state index is 13.3. The Kier molecular flexibility index (Phi) is 3.64. The van der Waals surface area contributed by atoms with Crippen LogP contribution in [0.25, 0.3) is 11.3 Å². The molecule has 1 heterocycles. The first kappa shape index (κ1) is 13.3. The predicted octanol–water partition coefficient (Wildman–Crippen LogP) is 3.16. The van der Waals surface area contributed by atoms with Crippen LogP contribution in [0.5, 0.6) is 0 Å². The van der Waals surface area contributed by atoms with Gasteiger partial charge in [0.05, 0.1) is 0 Å². The zero-order valence-corrected chi connectivity index (χ0v) is 10.7. The van der Waals surface area contributed by atoms with E-state index in [2.05, 4.69) is 11.6 Å². The fourth-order valence-corrected chi connectivity index (χ4v) is 2.02. The predicted molar refractivity (Wildman–Crippen MR) is 71.6 cm³/mol. The van der Waals surface area contributed by atoms with Gasteiger partial charge in [0.2, 0.25) is 0 Å². The number of nitrogen functional groups attached to an aromatic ring is 1. The number of hydrogen-bond acceptors (Lipinski definition) is 2. The quantitative estimate of drug-likeness (QED) is 0.861. The summed E-state index contributed by atoms with van der Waals surface area (Å²) >= 11 is 0. The van der Waals surface area contributed by atoms with Crippen molar-refractivity contribution in [1.82, 2.24) is 9.55 Å². The zero-order chi connectivity index (χ0) is 14.0. The van der Waals surface area contributed by atoms with Gasteiger partial charge in [-0.05, 0) is 12.1 Å². The number of imidazole rings is 1. The Labute approximate surface area is 110 Å². The number of allylic oxidation sites excluding steroid dienone is 1. The molecule has 2 aromatic rings. The lowest BCUT2D eigenvalue weighted by Crippen LogP contribution is -2.05. The average molecular weight is 263 g/mol. The number of rotatable bonds is 4. The minimum atomic E-state index is -0.647. The molecule has 0 spiro atoms. The van der Waals surface area contributed by atoms with Crippen molar-refractivity contribution in [3.8, 4) is 11.3 Å². The molecule has 0 unspecified atom stereocenters. The Morgan fingerprint density at radius 1 is 1.32 bits per heavy atom. The molecule has 1 aromatic carbocycles. The maximum Gasteiger partial charge on any atom is 0.132 e. The van der Waals surface area contributed by atoms with Gasteiger partial charge in [-0.3, -0.25) is 0 Å². The first-order chi connectivity index (χ1) is 9.06. The van der Waals surface area contributed by atoms with E-state index in [1.54, 1.807) is 10.6 Å². The number of halogens is 2. The van der Waals surface area contributed by atoms with E-state index < -0.39 is 11.6 Å². The number of nitrogens with two attached hydrogens (primary N) is 1. The molecule has 3 nitrogen and oxygen atoms in total. The summed E-state index contributed by atoms with van der Waals surface area (Å²) in [6, 6.07) is 3.26. The molecular formula is C14H15F2N3. The molecule has 0 saturated heterocycles. The van der Waals surface area contributed by atoms with Crippen molar-refractivity contribution in [1.29, 1.82) is 0 Å². The van der Waals surface area contributed by atoms with Gasteiger partial charge in [-0.2, -0.15) is 0 Å². The molecule has 0 aliphatic rings. The van der Waals surface area contributed by atoms with Gasteiger partial charge >= 0.3 is 0 Å². The van der Waals surface area contributed by atoms with Gasteiger partial charge in [-0.25, -0.2) is 13.8 Å². The molecule has 0 aliphatic carbocycles. The van der Waals surface area contributed by atoms with Crippen LogP contribution in [0.2, 0.25) is 0 Å². The van der Waals surface area contributed by atoms with Crippen molar-refractivity contribution in [2.75, 3.05) is 5.73 Å². The van der Waals surface area contributed by atoms with Gasteiger partial charge in [0, 0.05) is 24.6 Å². The highest BCUT2D eigenvalue weighted by Crippen LogP contribution is 2.28. The Bertz CT molecular complexity index is 597. The van der Waals surface area contributed by atoms with Crippen LogP contribution in [0.15, 0.2) is 30.9 Å². The van der Waals surface area contributed by atoms with Crippen molar-refractivity contribution >= 4 is 5.82 Å². The van der Waals surface area contributed by atoms with Crippen LogP contribution in [-0.2, 0) is 13.0 Å². The van der Waals surface area contributed by atoms with Crippen LogP contribution < -0.4 is 5.73 Å². The van der Waals surface area contributed by atoms with E-state index >= 15 is 0 Å². The van der Waals surface area contributed by atoms with Crippen LogP contribution in [0, 0.1) is 11.6 Å². The highest BCUT2D eigenvalue weighted by molar-refractivity contribution is 5.71. The van der Waals surface area contributed by atoms with Crippen LogP contribution >= 0.6 is 0 Å². The van der Waals surface area contributed by atoms with E-state index in [0.29, 0.717) is 30.0 Å². The maximum absolute atomic E-state index is 13.3. The molecule has 0 amide bonds. The summed E-state index contributed by atoms with van der Waals surface area (Å²) in [6.07, 6.45) is 2.38. The van der Waals surface area contributed by atoms with E-state index in [0.717, 1.165) is 11.9 Å². The molecule has 2 N–H and O–H groups in total. The highest BCUT2D eigenvalue weighted by Gasteiger charge is 2.15. The normalized spacial score (nSPS) is 10.7. The Hall–Kier alpha value is -2.17. The number of anilines is 1. The van der Waals surface area contributed by atoms with Gasteiger partial charge in [-0.1, -0.05) is 13.0 Å². The number of aryl methyl sites for hydroxylation is 1. The van der Waals surface area contributed by atoms with E-state index in [4.69, 9.17) is 5.73 Å². The second-order valence-corrected chi connectivity index (χ2v) is 4.17. The van der Waals surface area contributed by atoms with Crippen LogP contribution in [0.4, 0.5) is 14.6 Å². The van der Waals surface area contributed by atoms with Crippen molar-refractivity contribution in [3.63, 3.8) is 0 Å². The van der Waals surface area contributed by atoms with E-state index in [1.165, 1.54) is 12.1 Å². The first-order valence-electron chi connectivity index (χ1n) is 5.99. The standard InChI is InChI=1S/C14H15F2N3/c1-3-5-19-12(4-2)18-13(14(19)17)9-6-10(15)8-11(16)7-9/h3,6-8H,1,4-5,17H2,2H3. The number of nitrogens with zero attached hydrogens (tertiary/aromatic N) is 2. The summed E-state index contributed by atoms with van der Waals surface area (Å²) in [5, 5.41) is 0. The molecule has 100 valence electrons. The second kappa shape index (κ2) is 5.22. The van der Waals surface area contributed by atoms with Crippen LogP contribution in [-0.4, -0.2) is 9.55 Å². The van der Waals surface area contributed by atoms with Crippen molar-refractivity contribution in [2.24, 2.45) is 0 Å². The van der Waals surface area contributed by atoms with Crippen molar-refractivity contribution in [3.05, 3.63) is 48.3 Å². The number of hydrogen-bond donors (Lipinski definition) is 1. The molecule has 0 bridgehead atoms. The summed E-state index contributed by atoms with van der Waals surface area (Å²) in [5.74, 6) is -0.143. The van der Waals surface area contributed by atoms with Gasteiger partial charge in [0.25, 0.3) is 0 Å². The summed E-state index contributed by atoms with van der Waals surface area (Å²) in [7, 11) is 0. The minimum Gasteiger partial charge on any atom is -0.383 e. The lowest BCUT2D eigenvalue weighted by atomic mass is 10.1. The number of benzene rings is 1. The summed E-state index contributed by atoms with van der Waals surface area (Å²) in [6.45, 7) is 6.11. The molecule has 0 radical (unpaired) electrons. The molecular weight excluding hydrogens is 248 g/mol. The van der Waals surface area contributed by atoms with E-state index in [9.17, 15) is 8.78 Å². The molecule has 5 heteroatoms. The topological polar surface area (TPSA) is 43.8 Å². The molecule has 0 saturated carbocycles. The molecule has 1 aromatic heterocycles. The molecule has 2 rings (SSSR count). The first-order valence-corrected chi connectivity index (χ1v) is 5.99. The van der Waals surface area contributed by atoms with Gasteiger partial charge in [-0.15, -0.1) is 6.58 Å². The molecule has 0 atom stereocenters. The van der Waals surface area contributed by atoms with Crippen LogP contribution in [0.1, 0.15) is 12.7 Å². The highest BCUT2D eigenvalue weighted by atomic mass is 19.1. The Morgan fingerprint density at radius 2 is 1.95 bits per heavy atom. The van der Waals surface area contributed by atoms with E-state index in [1.807, 2.05) is 6.92 Å². The van der Waals surface area contributed by atoms with Gasteiger partial charge in [0.15, 0.2) is 0 Å². The smallest absolute Gasteiger partial charge is 0.132 e. The minimum absolute atomic E-state index is 0.340. The lowest BCUT2D eigenvalue weighted by Gasteiger charge is -2.05. The lowest BCUT2D eigenvalue weighted by molar-refractivity contribution is 0.584. The zero-order valence-electron chi connectivity index (χ0n) is 10.7. The van der Waals surface area contributed by atoms with Crippen molar-refractivity contribution < 1.29 is 8.78 Å². The third-order valence-electron chi connectivity index (χ3n) is 2.85. The monoisotopic (exact) mass is 263 g/mol. The Balaban J connectivity index is 2.58. The molecule has 0 fully saturated rings. The average Bonchev–Trinajstić information content (AvgIpc) is 2.66. The second-order valence-electron chi connectivity index (χ2n) is 4.17. The van der Waals surface area contributed by atoms with Gasteiger partial charge in [0.1, 0.15) is 29.0 Å². The summed E-state index contributed by atoms with van der Waals surface area (Å²) in [4.78, 5) is 4.36. The summed E-state index contributed by atoms with van der Waals surface area (Å²) < 4.78 is 28.3. The third-order valence-corrected chi connectivity index (χ3v) is 2.85.